The summed E-state index contributed by atoms with van der Waals surface area (Å²) in [5, 5.41) is 12.3. The Bertz CT molecular complexity index is 1270. The minimum Gasteiger partial charge on any atom is -0.497 e. The lowest BCUT2D eigenvalue weighted by atomic mass is 10.2. The highest BCUT2D eigenvalue weighted by atomic mass is 32.2. The molecule has 3 aromatic carbocycles. The van der Waals surface area contributed by atoms with Gasteiger partial charge in [-0.3, -0.25) is 9.36 Å². The fourth-order valence-electron chi connectivity index (χ4n) is 3.45. The summed E-state index contributed by atoms with van der Waals surface area (Å²) in [5.74, 6) is 2.76. The van der Waals surface area contributed by atoms with Gasteiger partial charge in [0.2, 0.25) is 5.91 Å². The average Bonchev–Trinajstić information content (AvgIpc) is 3.32. The van der Waals surface area contributed by atoms with Crippen LogP contribution in [0, 0.1) is 0 Å². The van der Waals surface area contributed by atoms with Gasteiger partial charge >= 0.3 is 0 Å². The third kappa shape index (κ3) is 5.75. The van der Waals surface area contributed by atoms with Crippen molar-refractivity contribution in [2.75, 3.05) is 31.9 Å². The molecule has 9 heteroatoms. The summed E-state index contributed by atoms with van der Waals surface area (Å²) >= 11 is 1.30. The fourth-order valence-corrected chi connectivity index (χ4v) is 4.20. The Balaban J connectivity index is 1.60. The van der Waals surface area contributed by atoms with Crippen LogP contribution in [0.2, 0.25) is 0 Å². The summed E-state index contributed by atoms with van der Waals surface area (Å²) in [7, 11) is 3.20. The van der Waals surface area contributed by atoms with Crippen LogP contribution >= 0.6 is 11.8 Å². The Morgan fingerprint density at radius 3 is 2.31 bits per heavy atom. The summed E-state index contributed by atoms with van der Waals surface area (Å²) in [6, 6.07) is 22.6. The molecule has 0 unspecified atom stereocenters. The molecule has 0 aliphatic heterocycles. The van der Waals surface area contributed by atoms with Crippen LogP contribution in [0.15, 0.2) is 78.0 Å². The lowest BCUT2D eigenvalue weighted by Crippen LogP contribution is -2.15. The first-order chi connectivity index (χ1) is 17.1. The predicted octanol–water partition coefficient (Wildman–Crippen LogP) is 5.08. The van der Waals surface area contributed by atoms with E-state index in [2.05, 4.69) is 15.5 Å². The van der Waals surface area contributed by atoms with Crippen molar-refractivity contribution in [3.8, 4) is 34.3 Å². The van der Waals surface area contributed by atoms with Gasteiger partial charge in [0, 0.05) is 11.3 Å². The van der Waals surface area contributed by atoms with Crippen molar-refractivity contribution < 1.29 is 19.0 Å². The standard InChI is InChI=1S/C26H26N4O4S/c1-4-34-21-15-11-19(12-16-21)30-25(18-9-13-20(32-2)14-10-18)28-29-26(30)35-17-24(31)27-22-7-5-6-8-23(22)33-3/h5-16H,4,17H2,1-3H3,(H,27,31). The summed E-state index contributed by atoms with van der Waals surface area (Å²) in [4.78, 5) is 12.7. The van der Waals surface area contributed by atoms with Gasteiger partial charge in [-0.2, -0.15) is 0 Å². The number of anilines is 1. The van der Waals surface area contributed by atoms with Crippen molar-refractivity contribution >= 4 is 23.4 Å². The molecule has 0 fully saturated rings. The maximum Gasteiger partial charge on any atom is 0.234 e. The van der Waals surface area contributed by atoms with Crippen LogP contribution in [0.4, 0.5) is 5.69 Å². The van der Waals surface area contributed by atoms with Crippen LogP contribution in [0.1, 0.15) is 6.92 Å². The number of carbonyl (C=O) groups is 1. The lowest BCUT2D eigenvalue weighted by Gasteiger charge is -2.12. The Labute approximate surface area is 208 Å². The number of nitrogens with one attached hydrogen (secondary N) is 1. The highest BCUT2D eigenvalue weighted by Gasteiger charge is 2.18. The third-order valence-electron chi connectivity index (χ3n) is 5.10. The molecule has 180 valence electrons. The zero-order chi connectivity index (χ0) is 24.6. The SMILES string of the molecule is CCOc1ccc(-n2c(SCC(=O)Nc3ccccc3OC)nnc2-c2ccc(OC)cc2)cc1. The first-order valence-electron chi connectivity index (χ1n) is 11.0. The number of ether oxygens (including phenoxy) is 3. The van der Waals surface area contributed by atoms with Crippen LogP contribution in [-0.4, -0.2) is 47.3 Å². The normalized spacial score (nSPS) is 10.6. The molecule has 1 amide bonds. The number of hydrogen-bond donors (Lipinski definition) is 1. The molecule has 0 bridgehead atoms. The number of para-hydroxylation sites is 2. The van der Waals surface area contributed by atoms with E-state index < -0.39 is 0 Å². The van der Waals surface area contributed by atoms with Crippen LogP contribution < -0.4 is 19.5 Å². The van der Waals surface area contributed by atoms with Gasteiger partial charge in [-0.25, -0.2) is 0 Å². The molecule has 0 radical (unpaired) electrons. The van der Waals surface area contributed by atoms with Crippen LogP contribution in [0.25, 0.3) is 17.1 Å². The Hall–Kier alpha value is -3.98. The maximum atomic E-state index is 12.7. The second kappa shape index (κ2) is 11.4. The molecule has 0 aliphatic carbocycles. The number of methoxy groups -OCH3 is 2. The lowest BCUT2D eigenvalue weighted by molar-refractivity contribution is -0.113. The van der Waals surface area contributed by atoms with E-state index in [0.717, 1.165) is 22.7 Å². The predicted molar refractivity (Wildman–Crippen MR) is 137 cm³/mol. The van der Waals surface area contributed by atoms with E-state index >= 15 is 0 Å². The number of nitrogens with zero attached hydrogens (tertiary/aromatic N) is 3. The molecule has 1 N–H and O–H groups in total. The van der Waals surface area contributed by atoms with E-state index in [-0.39, 0.29) is 11.7 Å². The number of thioether (sulfide) groups is 1. The molecule has 4 rings (SSSR count). The van der Waals surface area contributed by atoms with E-state index in [1.807, 2.05) is 72.2 Å². The molecule has 8 nitrogen and oxygen atoms in total. The first kappa shape index (κ1) is 24.2. The van der Waals surface area contributed by atoms with Gasteiger partial charge in [0.25, 0.3) is 0 Å². The highest BCUT2D eigenvalue weighted by molar-refractivity contribution is 7.99. The van der Waals surface area contributed by atoms with E-state index in [4.69, 9.17) is 14.2 Å². The Kier molecular flexibility index (Phi) is 7.89. The summed E-state index contributed by atoms with van der Waals surface area (Å²) < 4.78 is 18.1. The molecule has 0 saturated carbocycles. The second-order valence-corrected chi connectivity index (χ2v) is 8.28. The van der Waals surface area contributed by atoms with Crippen LogP contribution in [-0.2, 0) is 4.79 Å². The average molecular weight is 491 g/mol. The Morgan fingerprint density at radius 2 is 1.63 bits per heavy atom. The molecule has 0 saturated heterocycles. The number of amides is 1. The molecule has 35 heavy (non-hydrogen) atoms. The summed E-state index contributed by atoms with van der Waals surface area (Å²) in [6.45, 7) is 2.53. The summed E-state index contributed by atoms with van der Waals surface area (Å²) in [6.07, 6.45) is 0. The second-order valence-electron chi connectivity index (χ2n) is 7.33. The number of hydrogen-bond acceptors (Lipinski definition) is 7. The van der Waals surface area contributed by atoms with Gasteiger partial charge in [-0.05, 0) is 67.6 Å². The topological polar surface area (TPSA) is 87.5 Å². The maximum absolute atomic E-state index is 12.7. The summed E-state index contributed by atoms with van der Waals surface area (Å²) in [5.41, 5.74) is 2.35. The number of benzene rings is 3. The highest BCUT2D eigenvalue weighted by Crippen LogP contribution is 2.30. The molecular weight excluding hydrogens is 464 g/mol. The smallest absolute Gasteiger partial charge is 0.234 e. The van der Waals surface area contributed by atoms with Crippen molar-refractivity contribution in [3.63, 3.8) is 0 Å². The van der Waals surface area contributed by atoms with Crippen LogP contribution in [0.3, 0.4) is 0 Å². The third-order valence-corrected chi connectivity index (χ3v) is 6.03. The zero-order valence-electron chi connectivity index (χ0n) is 19.7. The zero-order valence-corrected chi connectivity index (χ0v) is 20.5. The van der Waals surface area contributed by atoms with E-state index in [9.17, 15) is 4.79 Å². The molecule has 1 heterocycles. The van der Waals surface area contributed by atoms with Crippen molar-refractivity contribution in [3.05, 3.63) is 72.8 Å². The van der Waals surface area contributed by atoms with Gasteiger partial charge in [-0.1, -0.05) is 23.9 Å². The molecule has 1 aromatic heterocycles. The molecule has 0 spiro atoms. The van der Waals surface area contributed by atoms with Gasteiger partial charge in [-0.15, -0.1) is 10.2 Å². The number of carbonyl (C=O) groups excluding carboxylic acids is 1. The van der Waals surface area contributed by atoms with E-state index in [0.29, 0.717) is 29.0 Å². The van der Waals surface area contributed by atoms with E-state index in [1.165, 1.54) is 11.8 Å². The number of rotatable bonds is 10. The van der Waals surface area contributed by atoms with Gasteiger partial charge in [0.15, 0.2) is 11.0 Å². The van der Waals surface area contributed by atoms with Crippen LogP contribution in [0.5, 0.6) is 17.2 Å². The Morgan fingerprint density at radius 1 is 0.914 bits per heavy atom. The molecular formula is C26H26N4O4S. The molecule has 4 aromatic rings. The van der Waals surface area contributed by atoms with Crippen molar-refractivity contribution in [2.45, 2.75) is 12.1 Å². The van der Waals surface area contributed by atoms with Crippen molar-refractivity contribution in [2.24, 2.45) is 0 Å². The van der Waals surface area contributed by atoms with Gasteiger partial charge in [0.05, 0.1) is 32.3 Å². The first-order valence-corrected chi connectivity index (χ1v) is 12.0. The number of aromatic nitrogens is 3. The monoisotopic (exact) mass is 490 g/mol. The molecule has 0 atom stereocenters. The fraction of sp³-hybridized carbons (Fsp3) is 0.192. The quantitative estimate of drug-likeness (QED) is 0.310. The largest absolute Gasteiger partial charge is 0.497 e. The van der Waals surface area contributed by atoms with E-state index in [1.54, 1.807) is 26.4 Å². The minimum atomic E-state index is -0.174. The van der Waals surface area contributed by atoms with Crippen molar-refractivity contribution in [1.82, 2.24) is 14.8 Å². The van der Waals surface area contributed by atoms with Crippen molar-refractivity contribution in [1.29, 1.82) is 0 Å². The molecule has 0 aliphatic rings. The van der Waals surface area contributed by atoms with Gasteiger partial charge in [0.1, 0.15) is 17.2 Å². The van der Waals surface area contributed by atoms with Gasteiger partial charge < -0.3 is 19.5 Å². The minimum absolute atomic E-state index is 0.149.